The van der Waals surface area contributed by atoms with Crippen molar-refractivity contribution in [1.82, 2.24) is 0 Å². The minimum absolute atomic E-state index is 0.317. The van der Waals surface area contributed by atoms with Crippen molar-refractivity contribution in [3.8, 4) is 6.07 Å². The van der Waals surface area contributed by atoms with E-state index in [2.05, 4.69) is 24.4 Å². The van der Waals surface area contributed by atoms with Gasteiger partial charge in [0.05, 0.1) is 19.3 Å². The van der Waals surface area contributed by atoms with E-state index in [0.717, 1.165) is 5.69 Å². The predicted molar refractivity (Wildman–Crippen MR) is 58.5 cm³/mol. The number of para-hydroxylation sites is 1. The van der Waals surface area contributed by atoms with Crippen LogP contribution in [0.5, 0.6) is 0 Å². The van der Waals surface area contributed by atoms with Gasteiger partial charge in [-0.25, -0.2) is 0 Å². The van der Waals surface area contributed by atoms with Crippen molar-refractivity contribution in [2.75, 3.05) is 25.1 Å². The first-order chi connectivity index (χ1) is 7.26. The molecule has 15 heavy (non-hydrogen) atoms. The van der Waals surface area contributed by atoms with E-state index in [1.807, 2.05) is 18.2 Å². The van der Waals surface area contributed by atoms with Crippen LogP contribution in [-0.4, -0.2) is 19.8 Å². The molecule has 1 N–H and O–H groups in total. The van der Waals surface area contributed by atoms with Crippen molar-refractivity contribution in [2.24, 2.45) is 5.41 Å². The maximum absolute atomic E-state index is 9.01. The van der Waals surface area contributed by atoms with Crippen LogP contribution in [0.1, 0.15) is 5.56 Å². The molecule has 0 bridgehead atoms. The van der Waals surface area contributed by atoms with Crippen LogP contribution in [0.3, 0.4) is 0 Å². The molecular weight excluding hydrogens is 188 g/mol. The highest BCUT2D eigenvalue weighted by atomic mass is 16.5. The van der Waals surface area contributed by atoms with Crippen LogP contribution in [0.25, 0.3) is 0 Å². The van der Waals surface area contributed by atoms with E-state index in [0.29, 0.717) is 19.8 Å². The standard InChI is InChI=1S/C12H14N2O/c1-10-4-2-3-5-11(10)14-7-12(6-13)8-15-9-12/h2-5,14H,7-9H2,1H3. The molecule has 0 unspecified atom stereocenters. The summed E-state index contributed by atoms with van der Waals surface area (Å²) in [6.45, 7) is 3.80. The summed E-state index contributed by atoms with van der Waals surface area (Å²) in [5.41, 5.74) is 1.98. The molecular formula is C12H14N2O. The lowest BCUT2D eigenvalue weighted by Gasteiger charge is -2.35. The van der Waals surface area contributed by atoms with Crippen LogP contribution in [0.4, 0.5) is 5.69 Å². The quantitative estimate of drug-likeness (QED) is 0.814. The zero-order valence-electron chi connectivity index (χ0n) is 8.79. The van der Waals surface area contributed by atoms with E-state index < -0.39 is 0 Å². The van der Waals surface area contributed by atoms with Crippen LogP contribution in [0.15, 0.2) is 24.3 Å². The van der Waals surface area contributed by atoms with Crippen LogP contribution < -0.4 is 5.32 Å². The number of anilines is 1. The molecule has 1 heterocycles. The molecule has 1 aromatic carbocycles. The van der Waals surface area contributed by atoms with Gasteiger partial charge in [-0.15, -0.1) is 0 Å². The molecule has 0 atom stereocenters. The molecule has 0 spiro atoms. The van der Waals surface area contributed by atoms with Gasteiger partial charge in [0.1, 0.15) is 5.41 Å². The number of benzene rings is 1. The van der Waals surface area contributed by atoms with E-state index in [4.69, 9.17) is 10.00 Å². The Kier molecular flexibility index (Phi) is 2.61. The summed E-state index contributed by atoms with van der Waals surface area (Å²) in [6, 6.07) is 10.4. The third kappa shape index (κ3) is 1.95. The molecule has 3 heteroatoms. The van der Waals surface area contributed by atoms with E-state index in [1.165, 1.54) is 5.56 Å². The van der Waals surface area contributed by atoms with Gasteiger partial charge in [0.2, 0.25) is 0 Å². The zero-order chi connectivity index (χ0) is 10.7. The van der Waals surface area contributed by atoms with E-state index >= 15 is 0 Å². The molecule has 3 nitrogen and oxygen atoms in total. The van der Waals surface area contributed by atoms with Gasteiger partial charge < -0.3 is 10.1 Å². The summed E-state index contributed by atoms with van der Waals surface area (Å²) in [5, 5.41) is 12.3. The summed E-state index contributed by atoms with van der Waals surface area (Å²) in [6.07, 6.45) is 0. The maximum Gasteiger partial charge on any atom is 0.121 e. The Morgan fingerprint density at radius 2 is 2.20 bits per heavy atom. The Balaban J connectivity index is 1.99. The smallest absolute Gasteiger partial charge is 0.121 e. The van der Waals surface area contributed by atoms with Gasteiger partial charge in [0.15, 0.2) is 0 Å². The number of nitrogens with zero attached hydrogens (tertiary/aromatic N) is 1. The summed E-state index contributed by atoms with van der Waals surface area (Å²) < 4.78 is 5.09. The first-order valence-electron chi connectivity index (χ1n) is 5.04. The van der Waals surface area contributed by atoms with Crippen molar-refractivity contribution >= 4 is 5.69 Å². The monoisotopic (exact) mass is 202 g/mol. The molecule has 0 saturated carbocycles. The normalized spacial score (nSPS) is 17.6. The molecule has 1 aromatic rings. The Morgan fingerprint density at radius 3 is 2.73 bits per heavy atom. The Bertz CT molecular complexity index is 391. The van der Waals surface area contributed by atoms with Crippen molar-refractivity contribution in [3.63, 3.8) is 0 Å². The summed E-state index contributed by atoms with van der Waals surface area (Å²) in [5.74, 6) is 0. The van der Waals surface area contributed by atoms with Gasteiger partial charge in [-0.3, -0.25) is 0 Å². The number of aryl methyl sites for hydroxylation is 1. The van der Waals surface area contributed by atoms with Crippen LogP contribution in [0.2, 0.25) is 0 Å². The molecule has 0 aromatic heterocycles. The summed E-state index contributed by atoms with van der Waals surface area (Å²) in [4.78, 5) is 0. The van der Waals surface area contributed by atoms with Crippen molar-refractivity contribution < 1.29 is 4.74 Å². The number of hydrogen-bond acceptors (Lipinski definition) is 3. The molecule has 1 saturated heterocycles. The van der Waals surface area contributed by atoms with Crippen molar-refractivity contribution in [2.45, 2.75) is 6.92 Å². The first-order valence-corrected chi connectivity index (χ1v) is 5.04. The lowest BCUT2D eigenvalue weighted by atomic mass is 9.88. The fourth-order valence-corrected chi connectivity index (χ4v) is 1.59. The van der Waals surface area contributed by atoms with Crippen LogP contribution >= 0.6 is 0 Å². The third-order valence-electron chi connectivity index (χ3n) is 2.76. The van der Waals surface area contributed by atoms with E-state index in [1.54, 1.807) is 0 Å². The fraction of sp³-hybridized carbons (Fsp3) is 0.417. The Hall–Kier alpha value is -1.53. The Labute approximate surface area is 89.7 Å². The molecule has 1 aliphatic rings. The third-order valence-corrected chi connectivity index (χ3v) is 2.76. The zero-order valence-corrected chi connectivity index (χ0v) is 8.79. The maximum atomic E-state index is 9.01. The predicted octanol–water partition coefficient (Wildman–Crippen LogP) is 1.95. The lowest BCUT2D eigenvalue weighted by molar-refractivity contribution is -0.0690. The highest BCUT2D eigenvalue weighted by Gasteiger charge is 2.38. The molecule has 1 fully saturated rings. The second kappa shape index (κ2) is 3.92. The number of nitrogens with one attached hydrogen (secondary N) is 1. The topological polar surface area (TPSA) is 45.0 Å². The van der Waals surface area contributed by atoms with E-state index in [9.17, 15) is 0 Å². The average molecular weight is 202 g/mol. The number of nitriles is 1. The van der Waals surface area contributed by atoms with E-state index in [-0.39, 0.29) is 5.41 Å². The second-order valence-corrected chi connectivity index (χ2v) is 4.05. The second-order valence-electron chi connectivity index (χ2n) is 4.05. The molecule has 2 rings (SSSR count). The minimum Gasteiger partial charge on any atom is -0.383 e. The van der Waals surface area contributed by atoms with Crippen molar-refractivity contribution in [3.05, 3.63) is 29.8 Å². The largest absolute Gasteiger partial charge is 0.383 e. The van der Waals surface area contributed by atoms with Crippen LogP contribution in [-0.2, 0) is 4.74 Å². The number of hydrogen-bond donors (Lipinski definition) is 1. The van der Waals surface area contributed by atoms with Crippen LogP contribution in [0, 0.1) is 23.7 Å². The number of ether oxygens (including phenoxy) is 1. The van der Waals surface area contributed by atoms with Crippen molar-refractivity contribution in [1.29, 1.82) is 5.26 Å². The lowest BCUT2D eigenvalue weighted by Crippen LogP contribution is -2.46. The van der Waals surface area contributed by atoms with Gasteiger partial charge in [0, 0.05) is 12.2 Å². The summed E-state index contributed by atoms with van der Waals surface area (Å²) in [7, 11) is 0. The summed E-state index contributed by atoms with van der Waals surface area (Å²) >= 11 is 0. The minimum atomic E-state index is -0.317. The highest BCUT2D eigenvalue weighted by molar-refractivity contribution is 5.50. The van der Waals surface area contributed by atoms with Gasteiger partial charge in [0.25, 0.3) is 0 Å². The first kappa shape index (κ1) is 10.0. The molecule has 0 amide bonds. The van der Waals surface area contributed by atoms with Gasteiger partial charge in [-0.1, -0.05) is 18.2 Å². The molecule has 78 valence electrons. The van der Waals surface area contributed by atoms with Gasteiger partial charge >= 0.3 is 0 Å². The molecule has 0 radical (unpaired) electrons. The van der Waals surface area contributed by atoms with Gasteiger partial charge in [-0.2, -0.15) is 5.26 Å². The molecule has 0 aliphatic carbocycles. The Morgan fingerprint density at radius 1 is 1.47 bits per heavy atom. The SMILES string of the molecule is Cc1ccccc1NCC1(C#N)COC1. The average Bonchev–Trinajstić information content (AvgIpc) is 2.19. The van der Waals surface area contributed by atoms with Gasteiger partial charge in [-0.05, 0) is 18.6 Å². The molecule has 1 aliphatic heterocycles. The highest BCUT2D eigenvalue weighted by Crippen LogP contribution is 2.27. The number of rotatable bonds is 3. The fourth-order valence-electron chi connectivity index (χ4n) is 1.59.